The van der Waals surface area contributed by atoms with E-state index in [-0.39, 0.29) is 9.79 Å². The van der Waals surface area contributed by atoms with Crippen molar-refractivity contribution in [3.8, 4) is 11.1 Å². The van der Waals surface area contributed by atoms with Crippen LogP contribution >= 0.6 is 0 Å². The molecular weight excluding hydrogens is 513 g/mol. The lowest BCUT2D eigenvalue weighted by Gasteiger charge is -2.24. The topological polar surface area (TPSA) is 124 Å². The second kappa shape index (κ2) is 11.7. The van der Waals surface area contributed by atoms with Crippen molar-refractivity contribution in [3.63, 3.8) is 0 Å². The Morgan fingerprint density at radius 3 is 1.76 bits per heavy atom. The molecule has 0 saturated heterocycles. The summed E-state index contributed by atoms with van der Waals surface area (Å²) in [4.78, 5) is 0.485. The van der Waals surface area contributed by atoms with Gasteiger partial charge < -0.3 is 10.7 Å². The average molecular weight is 544 g/mol. The number of benzene rings is 3. The molecule has 4 N–H and O–H groups in total. The van der Waals surface area contributed by atoms with E-state index < -0.39 is 32.4 Å². The first-order valence-corrected chi connectivity index (χ1v) is 15.1. The lowest BCUT2D eigenvalue weighted by atomic mass is 10.0. The van der Waals surface area contributed by atoms with Crippen LogP contribution in [-0.4, -0.2) is 47.1 Å². The number of halogens is 1. The third-order valence-electron chi connectivity index (χ3n) is 5.72. The minimum Gasteiger partial charge on any atom is -0.398 e. The second-order valence-corrected chi connectivity index (χ2v) is 12.8. The first kappa shape index (κ1) is 28.1. The highest BCUT2D eigenvalue weighted by Gasteiger charge is 2.14. The van der Waals surface area contributed by atoms with E-state index in [4.69, 9.17) is 11.6 Å². The number of hydrogen-bond donors (Lipinski definition) is 2. The Morgan fingerprint density at radius 2 is 1.30 bits per heavy atom. The van der Waals surface area contributed by atoms with E-state index in [2.05, 4.69) is 0 Å². The molecule has 37 heavy (non-hydrogen) atoms. The predicted molar refractivity (Wildman–Crippen MR) is 145 cm³/mol. The van der Waals surface area contributed by atoms with Gasteiger partial charge >= 0.3 is 0 Å². The molecule has 0 aromatic heterocycles. The number of nitrogens with zero attached hydrogens (tertiary/aromatic N) is 1. The summed E-state index contributed by atoms with van der Waals surface area (Å²) >= 11 is 0. The third kappa shape index (κ3) is 8.01. The molecule has 10 heteroatoms. The van der Waals surface area contributed by atoms with E-state index in [1.807, 2.05) is 24.3 Å². The molecule has 3 aromatic carbocycles. The van der Waals surface area contributed by atoms with Crippen molar-refractivity contribution in [2.75, 3.05) is 19.2 Å². The van der Waals surface area contributed by atoms with E-state index in [1.54, 1.807) is 48.6 Å². The van der Waals surface area contributed by atoms with E-state index in [0.29, 0.717) is 12.1 Å². The number of hydrazine groups is 1. The molecule has 1 unspecified atom stereocenters. The van der Waals surface area contributed by atoms with Gasteiger partial charge in [-0.25, -0.2) is 27.1 Å². The van der Waals surface area contributed by atoms with E-state index in [9.17, 15) is 21.2 Å². The van der Waals surface area contributed by atoms with Gasteiger partial charge in [-0.05, 0) is 59.0 Å². The lowest BCUT2D eigenvalue weighted by molar-refractivity contribution is 0.229. The molecule has 0 heterocycles. The van der Waals surface area contributed by atoms with Crippen molar-refractivity contribution < 1.29 is 21.2 Å². The summed E-state index contributed by atoms with van der Waals surface area (Å²) in [5, 5.41) is 1.24. The molecule has 7 nitrogen and oxygen atoms in total. The monoisotopic (exact) mass is 543 g/mol. The van der Waals surface area contributed by atoms with Crippen LogP contribution in [0.15, 0.2) is 101 Å². The van der Waals surface area contributed by atoms with Crippen molar-refractivity contribution in [1.29, 1.82) is 0 Å². The fraction of sp³-hybridized carbons (Fsp3) is 0.185. The van der Waals surface area contributed by atoms with E-state index in [1.165, 1.54) is 29.6 Å². The van der Waals surface area contributed by atoms with Crippen LogP contribution in [0.2, 0.25) is 0 Å². The zero-order valence-corrected chi connectivity index (χ0v) is 22.2. The van der Waals surface area contributed by atoms with Gasteiger partial charge in [-0.15, -0.1) is 0 Å². The molecule has 196 valence electrons. The largest absolute Gasteiger partial charge is 0.398 e. The molecule has 0 aliphatic carbocycles. The van der Waals surface area contributed by atoms with Crippen LogP contribution in [0, 0.1) is 0 Å². The van der Waals surface area contributed by atoms with Crippen molar-refractivity contribution in [2.45, 2.75) is 22.3 Å². The molecular formula is C27H30FN3O4S2. The average Bonchev–Trinajstić information content (AvgIpc) is 2.85. The van der Waals surface area contributed by atoms with Gasteiger partial charge in [0.05, 0.1) is 15.8 Å². The van der Waals surface area contributed by atoms with Crippen molar-refractivity contribution in [3.05, 3.63) is 102 Å². The summed E-state index contributed by atoms with van der Waals surface area (Å²) in [5.74, 6) is 6.07. The molecule has 0 aliphatic heterocycles. The first-order valence-electron chi connectivity index (χ1n) is 11.3. The number of nitrogens with two attached hydrogens (primary N) is 2. The van der Waals surface area contributed by atoms with Crippen LogP contribution in [0.4, 0.5) is 4.39 Å². The minimum absolute atomic E-state index is 0.227. The maximum Gasteiger partial charge on any atom is 0.175 e. The maximum absolute atomic E-state index is 13.8. The predicted octanol–water partition coefficient (Wildman–Crippen LogP) is 3.73. The van der Waals surface area contributed by atoms with Crippen LogP contribution in [0.5, 0.6) is 0 Å². The molecule has 0 saturated carbocycles. The highest BCUT2D eigenvalue weighted by Crippen LogP contribution is 2.22. The number of sulfone groups is 2. The van der Waals surface area contributed by atoms with Crippen LogP contribution in [0.25, 0.3) is 17.2 Å². The Morgan fingerprint density at radius 1 is 0.838 bits per heavy atom. The highest BCUT2D eigenvalue weighted by molar-refractivity contribution is 7.91. The van der Waals surface area contributed by atoms with Gasteiger partial charge in [-0.2, -0.15) is 0 Å². The van der Waals surface area contributed by atoms with Crippen LogP contribution in [0.1, 0.15) is 11.1 Å². The van der Waals surface area contributed by atoms with Crippen LogP contribution < -0.4 is 11.6 Å². The SMILES string of the molecule is CS(=O)(=O)c1ccc(/C=C/C(N)=C/N(N)C(CF)Cc2ccc(-c3ccc(S(C)(=O)=O)cc3)cc2)cc1. The maximum atomic E-state index is 13.8. The number of alkyl halides is 1. The summed E-state index contributed by atoms with van der Waals surface area (Å²) in [6.07, 6.45) is 7.42. The quantitative estimate of drug-likeness (QED) is 0.227. The van der Waals surface area contributed by atoms with E-state index in [0.717, 1.165) is 28.5 Å². The van der Waals surface area contributed by atoms with Gasteiger partial charge in [0.15, 0.2) is 19.7 Å². The molecule has 0 aliphatic rings. The number of rotatable bonds is 10. The summed E-state index contributed by atoms with van der Waals surface area (Å²) in [6.45, 7) is -0.689. The molecule has 0 amide bonds. The summed E-state index contributed by atoms with van der Waals surface area (Å²) < 4.78 is 60.2. The van der Waals surface area contributed by atoms with Gasteiger partial charge in [0, 0.05) is 24.4 Å². The zero-order valence-electron chi connectivity index (χ0n) is 20.6. The summed E-state index contributed by atoms with van der Waals surface area (Å²) in [7, 11) is -6.52. The zero-order chi connectivity index (χ0) is 27.2. The highest BCUT2D eigenvalue weighted by atomic mass is 32.2. The smallest absolute Gasteiger partial charge is 0.175 e. The Kier molecular flexibility index (Phi) is 8.90. The molecule has 1 atom stereocenters. The minimum atomic E-state index is -3.27. The molecule has 0 spiro atoms. The fourth-order valence-electron chi connectivity index (χ4n) is 3.58. The molecule has 3 aromatic rings. The lowest BCUT2D eigenvalue weighted by Crippen LogP contribution is -2.40. The Bertz CT molecular complexity index is 1480. The van der Waals surface area contributed by atoms with Crippen molar-refractivity contribution in [1.82, 2.24) is 5.01 Å². The van der Waals surface area contributed by atoms with Crippen molar-refractivity contribution in [2.24, 2.45) is 11.6 Å². The van der Waals surface area contributed by atoms with E-state index >= 15 is 0 Å². The Hall–Kier alpha value is -3.47. The van der Waals surface area contributed by atoms with Crippen molar-refractivity contribution >= 4 is 25.8 Å². The number of hydrogen-bond acceptors (Lipinski definition) is 7. The standard InChI is InChI=1S/C27H30FN3O4S2/c1-36(32,33)26-13-6-20(7-14-26)5-12-24(29)19-31(30)25(18-28)17-21-3-8-22(9-4-21)23-10-15-27(16-11-23)37(2,34)35/h3-16,19,25H,17-18,29-30H2,1-2H3/b12-5+,24-19-. The fourth-order valence-corrected chi connectivity index (χ4v) is 4.84. The molecule has 0 fully saturated rings. The molecule has 0 radical (unpaired) electrons. The van der Waals surface area contributed by atoms with Gasteiger partial charge in [0.1, 0.15) is 6.67 Å². The van der Waals surface area contributed by atoms with Crippen LogP contribution in [0.3, 0.4) is 0 Å². The molecule has 3 rings (SSSR count). The number of allylic oxidation sites excluding steroid dienone is 1. The van der Waals surface area contributed by atoms with Gasteiger partial charge in [-0.1, -0.05) is 54.6 Å². The summed E-state index contributed by atoms with van der Waals surface area (Å²) in [5.41, 5.74) is 9.74. The molecule has 0 bridgehead atoms. The van der Waals surface area contributed by atoms with Gasteiger partial charge in [-0.3, -0.25) is 0 Å². The second-order valence-electron chi connectivity index (χ2n) is 8.76. The first-order chi connectivity index (χ1) is 17.4. The normalized spacial score (nSPS) is 13.6. The van der Waals surface area contributed by atoms with Gasteiger partial charge in [0.25, 0.3) is 0 Å². The third-order valence-corrected chi connectivity index (χ3v) is 7.97. The Labute approximate surface area is 217 Å². The van der Waals surface area contributed by atoms with Crippen LogP contribution in [-0.2, 0) is 26.1 Å². The van der Waals surface area contributed by atoms with Gasteiger partial charge in [0.2, 0.25) is 0 Å². The Balaban J connectivity index is 1.64. The summed E-state index contributed by atoms with van der Waals surface area (Å²) in [6, 6.07) is 19.9.